The van der Waals surface area contributed by atoms with Gasteiger partial charge in [-0.1, -0.05) is 0 Å². The van der Waals surface area contributed by atoms with Crippen LogP contribution in [-0.2, 0) is 6.54 Å². The number of carbonyl (C=O) groups excluding carboxylic acids is 2. The lowest BCUT2D eigenvalue weighted by Gasteiger charge is -1.95. The zero-order chi connectivity index (χ0) is 9.84. The number of primary amides is 1. The summed E-state index contributed by atoms with van der Waals surface area (Å²) in [4.78, 5) is 21.3. The highest BCUT2D eigenvalue weighted by molar-refractivity contribution is 6.02. The number of rotatable bonds is 2. The number of nitrogens with two attached hydrogens (primary N) is 2. The van der Waals surface area contributed by atoms with Gasteiger partial charge in [0.1, 0.15) is 5.76 Å². The van der Waals surface area contributed by atoms with Gasteiger partial charge in [0.25, 0.3) is 5.91 Å². The van der Waals surface area contributed by atoms with E-state index in [1.54, 1.807) is 6.07 Å². The number of hydrogen-bond acceptors (Lipinski definition) is 4. The topological polar surface area (TPSA) is 111 Å². The molecule has 0 bridgehead atoms. The Bertz CT molecular complexity index is 331. The number of amides is 3. The van der Waals surface area contributed by atoms with E-state index in [9.17, 15) is 9.59 Å². The van der Waals surface area contributed by atoms with Gasteiger partial charge in [0.05, 0.1) is 6.54 Å². The minimum absolute atomic E-state index is 0.0132. The minimum atomic E-state index is -0.921. The Morgan fingerprint density at radius 3 is 2.62 bits per heavy atom. The van der Waals surface area contributed by atoms with Gasteiger partial charge in [0, 0.05) is 0 Å². The lowest BCUT2D eigenvalue weighted by Crippen LogP contribution is -2.34. The molecule has 0 radical (unpaired) electrons. The van der Waals surface area contributed by atoms with Crippen LogP contribution in [0.2, 0.25) is 0 Å². The molecule has 0 unspecified atom stereocenters. The van der Waals surface area contributed by atoms with Gasteiger partial charge < -0.3 is 15.9 Å². The van der Waals surface area contributed by atoms with Gasteiger partial charge in [-0.3, -0.25) is 10.1 Å². The van der Waals surface area contributed by atoms with Crippen LogP contribution in [0.1, 0.15) is 16.3 Å². The van der Waals surface area contributed by atoms with E-state index in [-0.39, 0.29) is 12.3 Å². The van der Waals surface area contributed by atoms with Crippen LogP contribution in [0.15, 0.2) is 16.5 Å². The Morgan fingerprint density at radius 2 is 2.15 bits per heavy atom. The number of hydrogen-bond donors (Lipinski definition) is 3. The van der Waals surface area contributed by atoms with Crippen molar-refractivity contribution in [3.8, 4) is 0 Å². The molecule has 6 heteroatoms. The molecule has 0 aliphatic heterocycles. The first-order valence-corrected chi connectivity index (χ1v) is 3.53. The van der Waals surface area contributed by atoms with Crippen LogP contribution < -0.4 is 16.8 Å². The third-order valence-electron chi connectivity index (χ3n) is 1.32. The molecular weight excluding hydrogens is 174 g/mol. The fraction of sp³-hybridized carbons (Fsp3) is 0.143. The van der Waals surface area contributed by atoms with E-state index < -0.39 is 11.9 Å². The predicted molar refractivity (Wildman–Crippen MR) is 43.6 cm³/mol. The summed E-state index contributed by atoms with van der Waals surface area (Å²) in [5, 5.41) is 1.86. The molecule has 1 aromatic rings. The molecular formula is C7H9N3O3. The number of nitrogens with one attached hydrogen (secondary N) is 1. The van der Waals surface area contributed by atoms with E-state index >= 15 is 0 Å². The van der Waals surface area contributed by atoms with Gasteiger partial charge in [0.15, 0.2) is 5.76 Å². The van der Waals surface area contributed by atoms with E-state index in [0.717, 1.165) is 0 Å². The summed E-state index contributed by atoms with van der Waals surface area (Å²) in [5.41, 5.74) is 9.98. The second kappa shape index (κ2) is 3.72. The molecule has 0 spiro atoms. The second-order valence-electron chi connectivity index (χ2n) is 2.29. The van der Waals surface area contributed by atoms with Crippen LogP contribution in [0.4, 0.5) is 4.79 Å². The summed E-state index contributed by atoms with van der Waals surface area (Å²) in [5.74, 6) is -0.193. The van der Waals surface area contributed by atoms with Crippen LogP contribution >= 0.6 is 0 Å². The van der Waals surface area contributed by atoms with Gasteiger partial charge in [0.2, 0.25) is 0 Å². The number of furan rings is 1. The molecule has 0 aliphatic carbocycles. The third-order valence-corrected chi connectivity index (χ3v) is 1.32. The van der Waals surface area contributed by atoms with Gasteiger partial charge in [-0.05, 0) is 12.1 Å². The average Bonchev–Trinajstić information content (AvgIpc) is 2.50. The molecule has 1 rings (SSSR count). The van der Waals surface area contributed by atoms with Crippen molar-refractivity contribution in [2.75, 3.05) is 0 Å². The summed E-state index contributed by atoms with van der Waals surface area (Å²) in [7, 11) is 0. The molecule has 1 aromatic heterocycles. The SMILES string of the molecule is NCc1ccc(C(=O)NC(N)=O)o1. The zero-order valence-electron chi connectivity index (χ0n) is 6.74. The molecule has 6 nitrogen and oxygen atoms in total. The maximum atomic E-state index is 11.0. The Hall–Kier alpha value is -1.82. The molecule has 3 amide bonds. The van der Waals surface area contributed by atoms with Crippen molar-refractivity contribution in [3.63, 3.8) is 0 Å². The van der Waals surface area contributed by atoms with E-state index in [4.69, 9.17) is 15.9 Å². The number of urea groups is 1. The van der Waals surface area contributed by atoms with E-state index in [1.807, 2.05) is 5.32 Å². The molecule has 0 atom stereocenters. The molecule has 0 fully saturated rings. The standard InChI is InChI=1S/C7H9N3O3/c8-3-4-1-2-5(13-4)6(11)10-7(9)12/h1-2H,3,8H2,(H3,9,10,11,12). The second-order valence-corrected chi connectivity index (χ2v) is 2.29. The number of imide groups is 1. The third kappa shape index (κ3) is 2.31. The molecule has 1 heterocycles. The van der Waals surface area contributed by atoms with Crippen molar-refractivity contribution >= 4 is 11.9 Å². The lowest BCUT2D eigenvalue weighted by molar-refractivity contribution is 0.0937. The Kier molecular flexibility index (Phi) is 2.65. The highest BCUT2D eigenvalue weighted by Crippen LogP contribution is 2.06. The first kappa shape index (κ1) is 9.27. The van der Waals surface area contributed by atoms with Crippen LogP contribution in [0.5, 0.6) is 0 Å². The maximum absolute atomic E-state index is 11.0. The molecule has 0 aliphatic rings. The van der Waals surface area contributed by atoms with Crippen molar-refractivity contribution < 1.29 is 14.0 Å². The van der Waals surface area contributed by atoms with Crippen LogP contribution in [0.25, 0.3) is 0 Å². The fourth-order valence-electron chi connectivity index (χ4n) is 0.783. The summed E-state index contributed by atoms with van der Waals surface area (Å²) < 4.78 is 4.95. The predicted octanol–water partition coefficient (Wildman–Crippen LogP) is -0.453. The highest BCUT2D eigenvalue weighted by atomic mass is 16.4. The van der Waals surface area contributed by atoms with E-state index in [2.05, 4.69) is 0 Å². The number of carbonyl (C=O) groups is 2. The van der Waals surface area contributed by atoms with Gasteiger partial charge in [-0.15, -0.1) is 0 Å². The Balaban J connectivity index is 2.71. The van der Waals surface area contributed by atoms with Crippen LogP contribution in [0.3, 0.4) is 0 Å². The Morgan fingerprint density at radius 1 is 1.46 bits per heavy atom. The van der Waals surface area contributed by atoms with Gasteiger partial charge >= 0.3 is 6.03 Å². The van der Waals surface area contributed by atoms with Gasteiger partial charge in [-0.2, -0.15) is 0 Å². The van der Waals surface area contributed by atoms with E-state index in [1.165, 1.54) is 6.07 Å². The van der Waals surface area contributed by atoms with Crippen LogP contribution in [-0.4, -0.2) is 11.9 Å². The first-order valence-electron chi connectivity index (χ1n) is 3.53. The van der Waals surface area contributed by atoms with Crippen molar-refractivity contribution in [2.24, 2.45) is 11.5 Å². The Labute approximate surface area is 73.9 Å². The van der Waals surface area contributed by atoms with Crippen molar-refractivity contribution in [1.29, 1.82) is 0 Å². The lowest BCUT2D eigenvalue weighted by atomic mass is 10.4. The van der Waals surface area contributed by atoms with Crippen molar-refractivity contribution in [1.82, 2.24) is 5.32 Å². The van der Waals surface area contributed by atoms with Gasteiger partial charge in [-0.25, -0.2) is 4.79 Å². The van der Waals surface area contributed by atoms with Crippen molar-refractivity contribution in [3.05, 3.63) is 23.7 Å². The molecule has 0 saturated carbocycles. The maximum Gasteiger partial charge on any atom is 0.319 e. The molecule has 70 valence electrons. The van der Waals surface area contributed by atoms with E-state index in [0.29, 0.717) is 5.76 Å². The van der Waals surface area contributed by atoms with Crippen molar-refractivity contribution in [2.45, 2.75) is 6.54 Å². The molecule has 5 N–H and O–H groups in total. The summed E-state index contributed by atoms with van der Waals surface area (Å²) in [6, 6.07) is 2.05. The summed E-state index contributed by atoms with van der Waals surface area (Å²) in [6.45, 7) is 0.198. The average molecular weight is 183 g/mol. The minimum Gasteiger partial charge on any atom is -0.455 e. The monoisotopic (exact) mass is 183 g/mol. The highest BCUT2D eigenvalue weighted by Gasteiger charge is 2.11. The summed E-state index contributed by atoms with van der Waals surface area (Å²) in [6.07, 6.45) is 0. The molecule has 13 heavy (non-hydrogen) atoms. The molecule has 0 saturated heterocycles. The fourth-order valence-corrected chi connectivity index (χ4v) is 0.783. The molecule has 0 aromatic carbocycles. The van der Waals surface area contributed by atoms with Crippen LogP contribution in [0, 0.1) is 0 Å². The quantitative estimate of drug-likeness (QED) is 0.576. The zero-order valence-corrected chi connectivity index (χ0v) is 6.74. The largest absolute Gasteiger partial charge is 0.455 e. The first-order chi connectivity index (χ1) is 6.13. The smallest absolute Gasteiger partial charge is 0.319 e. The summed E-state index contributed by atoms with van der Waals surface area (Å²) >= 11 is 0. The normalized spacial score (nSPS) is 9.62.